The van der Waals surface area contributed by atoms with Crippen molar-refractivity contribution in [2.24, 2.45) is 0 Å². The van der Waals surface area contributed by atoms with E-state index in [1.54, 1.807) is 7.11 Å². The van der Waals surface area contributed by atoms with Gasteiger partial charge in [-0.1, -0.05) is 24.4 Å². The number of amides is 1. The van der Waals surface area contributed by atoms with E-state index in [4.69, 9.17) is 14.0 Å². The molecule has 23 heavy (non-hydrogen) atoms. The summed E-state index contributed by atoms with van der Waals surface area (Å²) < 4.78 is 16.7. The molecule has 2 fully saturated rings. The topological polar surface area (TPSA) is 86.5 Å². The van der Waals surface area contributed by atoms with E-state index in [-0.39, 0.29) is 5.91 Å². The number of nitrogens with zero attached hydrogens (tertiary/aromatic N) is 2. The Morgan fingerprint density at radius 2 is 1.87 bits per heavy atom. The fourth-order valence-electron chi connectivity index (χ4n) is 3.71. The molecule has 2 aliphatic rings. The molecule has 1 N–H and O–H groups in total. The maximum absolute atomic E-state index is 11.7. The molecule has 1 aromatic heterocycles. The first-order chi connectivity index (χ1) is 11.1. The van der Waals surface area contributed by atoms with Crippen molar-refractivity contribution in [1.82, 2.24) is 15.5 Å². The Balaban J connectivity index is 1.90. The van der Waals surface area contributed by atoms with Gasteiger partial charge in [0.15, 0.2) is 11.4 Å². The van der Waals surface area contributed by atoms with Gasteiger partial charge in [0.25, 0.3) is 5.89 Å². The van der Waals surface area contributed by atoms with Gasteiger partial charge in [-0.25, -0.2) is 0 Å². The number of ether oxygens (including phenoxy) is 2. The fraction of sp³-hybridized carbons (Fsp3) is 0.812. The zero-order valence-electron chi connectivity index (χ0n) is 13.9. The summed E-state index contributed by atoms with van der Waals surface area (Å²) in [6, 6.07) is 0. The summed E-state index contributed by atoms with van der Waals surface area (Å²) in [5.41, 5.74) is -1.08. The van der Waals surface area contributed by atoms with Crippen molar-refractivity contribution in [2.45, 2.75) is 63.0 Å². The highest BCUT2D eigenvalue weighted by atomic mass is 16.5. The maximum atomic E-state index is 11.7. The van der Waals surface area contributed by atoms with Crippen molar-refractivity contribution in [1.29, 1.82) is 0 Å². The molecule has 0 radical (unpaired) electrons. The van der Waals surface area contributed by atoms with Gasteiger partial charge in [0.1, 0.15) is 5.54 Å². The monoisotopic (exact) mass is 323 g/mol. The zero-order valence-corrected chi connectivity index (χ0v) is 13.9. The van der Waals surface area contributed by atoms with Crippen LogP contribution in [-0.4, -0.2) is 36.4 Å². The molecule has 0 aromatic carbocycles. The van der Waals surface area contributed by atoms with Gasteiger partial charge < -0.3 is 19.3 Å². The molecular weight excluding hydrogens is 298 g/mol. The Kier molecular flexibility index (Phi) is 4.68. The lowest BCUT2D eigenvalue weighted by atomic mass is 9.81. The quantitative estimate of drug-likeness (QED) is 0.912. The number of nitrogens with one attached hydrogen (secondary N) is 1. The van der Waals surface area contributed by atoms with Crippen LogP contribution >= 0.6 is 0 Å². The predicted octanol–water partition coefficient (Wildman–Crippen LogP) is 2.02. The van der Waals surface area contributed by atoms with E-state index in [0.717, 1.165) is 25.7 Å². The normalized spacial score (nSPS) is 23.4. The van der Waals surface area contributed by atoms with Crippen LogP contribution in [0.25, 0.3) is 0 Å². The maximum Gasteiger partial charge on any atom is 0.259 e. The minimum Gasteiger partial charge on any atom is -0.381 e. The summed E-state index contributed by atoms with van der Waals surface area (Å²) in [7, 11) is 1.67. The lowest BCUT2D eigenvalue weighted by molar-refractivity contribution is -0.121. The van der Waals surface area contributed by atoms with E-state index in [2.05, 4.69) is 15.5 Å². The Bertz CT molecular complexity index is 545. The number of carbonyl (C=O) groups excluding carboxylic acids is 1. The average Bonchev–Trinajstić information content (AvgIpc) is 3.07. The summed E-state index contributed by atoms with van der Waals surface area (Å²) in [6.07, 6.45) is 6.34. The number of carbonyl (C=O) groups is 1. The largest absolute Gasteiger partial charge is 0.381 e. The third-order valence-corrected chi connectivity index (χ3v) is 5.06. The van der Waals surface area contributed by atoms with Gasteiger partial charge in [-0.15, -0.1) is 0 Å². The van der Waals surface area contributed by atoms with Crippen LogP contribution in [0.4, 0.5) is 0 Å². The molecule has 1 amide bonds. The predicted molar refractivity (Wildman–Crippen MR) is 81.6 cm³/mol. The van der Waals surface area contributed by atoms with E-state index in [1.165, 1.54) is 13.3 Å². The van der Waals surface area contributed by atoms with Crippen LogP contribution < -0.4 is 5.32 Å². The standard InChI is InChI=1S/C16H25N3O4/c1-12(20)18-15(6-4-3-5-7-15)13-17-14(23-19-13)16(21-2)8-10-22-11-9-16/h3-11H2,1-2H3,(H,18,20). The zero-order chi connectivity index (χ0) is 16.3. The first-order valence-corrected chi connectivity index (χ1v) is 8.37. The van der Waals surface area contributed by atoms with Crippen molar-refractivity contribution < 1.29 is 18.8 Å². The van der Waals surface area contributed by atoms with Crippen LogP contribution in [-0.2, 0) is 25.4 Å². The summed E-state index contributed by atoms with van der Waals surface area (Å²) >= 11 is 0. The van der Waals surface area contributed by atoms with E-state index in [9.17, 15) is 4.79 Å². The Hall–Kier alpha value is -1.47. The van der Waals surface area contributed by atoms with E-state index >= 15 is 0 Å². The molecule has 1 saturated heterocycles. The smallest absolute Gasteiger partial charge is 0.259 e. The molecule has 3 rings (SSSR count). The van der Waals surface area contributed by atoms with Crippen molar-refractivity contribution in [3.63, 3.8) is 0 Å². The summed E-state index contributed by atoms with van der Waals surface area (Å²) in [5.74, 6) is 1.00. The second-order valence-electron chi connectivity index (χ2n) is 6.56. The van der Waals surface area contributed by atoms with Gasteiger partial charge in [0.2, 0.25) is 5.91 Å². The van der Waals surface area contributed by atoms with Gasteiger partial charge in [0, 0.05) is 40.1 Å². The molecule has 0 atom stereocenters. The Labute approximate surface area is 136 Å². The van der Waals surface area contributed by atoms with Crippen molar-refractivity contribution >= 4 is 5.91 Å². The molecule has 1 saturated carbocycles. The fourth-order valence-corrected chi connectivity index (χ4v) is 3.71. The van der Waals surface area contributed by atoms with Gasteiger partial charge in [-0.3, -0.25) is 4.79 Å². The van der Waals surface area contributed by atoms with E-state index in [1.807, 2.05) is 0 Å². The van der Waals surface area contributed by atoms with Gasteiger partial charge >= 0.3 is 0 Å². The molecule has 0 bridgehead atoms. The minimum atomic E-state index is -0.574. The molecule has 128 valence electrons. The molecule has 7 nitrogen and oxygen atoms in total. The van der Waals surface area contributed by atoms with Crippen LogP contribution in [0.5, 0.6) is 0 Å². The number of rotatable bonds is 4. The molecule has 0 spiro atoms. The van der Waals surface area contributed by atoms with Crippen LogP contribution in [0.3, 0.4) is 0 Å². The third-order valence-electron chi connectivity index (χ3n) is 5.06. The van der Waals surface area contributed by atoms with Gasteiger partial charge in [-0.05, 0) is 12.8 Å². The number of methoxy groups -OCH3 is 1. The highest BCUT2D eigenvalue weighted by Gasteiger charge is 2.44. The lowest BCUT2D eigenvalue weighted by Gasteiger charge is -2.35. The molecule has 7 heteroatoms. The molecule has 1 aliphatic carbocycles. The Morgan fingerprint density at radius 1 is 1.17 bits per heavy atom. The lowest BCUT2D eigenvalue weighted by Crippen LogP contribution is -2.47. The third kappa shape index (κ3) is 3.12. The highest BCUT2D eigenvalue weighted by Crippen LogP contribution is 2.39. The van der Waals surface area contributed by atoms with Crippen LogP contribution in [0.1, 0.15) is 63.6 Å². The van der Waals surface area contributed by atoms with Crippen LogP contribution in [0.15, 0.2) is 4.52 Å². The SMILES string of the molecule is COC1(c2nc(C3(NC(C)=O)CCCCC3)no2)CCOCC1. The highest BCUT2D eigenvalue weighted by molar-refractivity contribution is 5.74. The summed E-state index contributed by atoms with van der Waals surface area (Å²) in [5, 5.41) is 7.28. The van der Waals surface area contributed by atoms with Crippen LogP contribution in [0, 0.1) is 0 Å². The minimum absolute atomic E-state index is 0.0641. The molecular formula is C16H25N3O4. The van der Waals surface area contributed by atoms with E-state index < -0.39 is 11.1 Å². The average molecular weight is 323 g/mol. The Morgan fingerprint density at radius 3 is 2.48 bits per heavy atom. The van der Waals surface area contributed by atoms with E-state index in [0.29, 0.717) is 37.8 Å². The van der Waals surface area contributed by atoms with Crippen LogP contribution in [0.2, 0.25) is 0 Å². The summed E-state index contributed by atoms with van der Waals surface area (Å²) in [4.78, 5) is 16.3. The second kappa shape index (κ2) is 6.57. The molecule has 1 aromatic rings. The molecule has 2 heterocycles. The number of aromatic nitrogens is 2. The van der Waals surface area contributed by atoms with Crippen molar-refractivity contribution in [3.8, 4) is 0 Å². The van der Waals surface area contributed by atoms with Gasteiger partial charge in [0.05, 0.1) is 0 Å². The van der Waals surface area contributed by atoms with Crippen molar-refractivity contribution in [2.75, 3.05) is 20.3 Å². The van der Waals surface area contributed by atoms with Gasteiger partial charge in [-0.2, -0.15) is 4.98 Å². The first kappa shape index (κ1) is 16.4. The van der Waals surface area contributed by atoms with Crippen molar-refractivity contribution in [3.05, 3.63) is 11.7 Å². The number of hydrogen-bond acceptors (Lipinski definition) is 6. The molecule has 1 aliphatic heterocycles. The summed E-state index contributed by atoms with van der Waals surface area (Å²) in [6.45, 7) is 2.76. The first-order valence-electron chi connectivity index (χ1n) is 8.37. The molecule has 0 unspecified atom stereocenters. The second-order valence-corrected chi connectivity index (χ2v) is 6.56. The number of hydrogen-bond donors (Lipinski definition) is 1.